The zero-order chi connectivity index (χ0) is 19.6. The number of aromatic nitrogens is 1. The summed E-state index contributed by atoms with van der Waals surface area (Å²) in [7, 11) is 0. The van der Waals surface area contributed by atoms with Crippen LogP contribution in [0.1, 0.15) is 37.2 Å². The molecule has 2 amide bonds. The number of hydrogen-bond acceptors (Lipinski definition) is 5. The summed E-state index contributed by atoms with van der Waals surface area (Å²) in [5, 5.41) is 13.7. The highest BCUT2D eigenvalue weighted by molar-refractivity contribution is 5.97. The molecule has 3 rings (SSSR count). The third-order valence-corrected chi connectivity index (χ3v) is 5.23. The van der Waals surface area contributed by atoms with E-state index in [1.807, 2.05) is 19.1 Å². The number of rotatable bonds is 4. The van der Waals surface area contributed by atoms with Gasteiger partial charge in [0.25, 0.3) is 5.91 Å². The van der Waals surface area contributed by atoms with E-state index in [2.05, 4.69) is 10.3 Å². The van der Waals surface area contributed by atoms with Crippen LogP contribution in [0.3, 0.4) is 0 Å². The number of hydrogen-bond donors (Lipinski definition) is 3. The van der Waals surface area contributed by atoms with Gasteiger partial charge in [0.05, 0.1) is 11.6 Å². The van der Waals surface area contributed by atoms with E-state index in [-0.39, 0.29) is 35.2 Å². The Balaban J connectivity index is 1.62. The van der Waals surface area contributed by atoms with Crippen molar-refractivity contribution in [3.05, 3.63) is 36.0 Å². The largest absolute Gasteiger partial charge is 0.507 e. The number of aromatic hydroxyl groups is 1. The van der Waals surface area contributed by atoms with Crippen LogP contribution in [-0.2, 0) is 4.79 Å². The first-order valence-corrected chi connectivity index (χ1v) is 9.31. The summed E-state index contributed by atoms with van der Waals surface area (Å²) >= 11 is 0. The lowest BCUT2D eigenvalue weighted by atomic mass is 9.90. The minimum Gasteiger partial charge on any atom is -0.507 e. The maximum absolute atomic E-state index is 12.6. The van der Waals surface area contributed by atoms with Crippen molar-refractivity contribution in [3.8, 4) is 5.75 Å². The van der Waals surface area contributed by atoms with Gasteiger partial charge in [-0.05, 0) is 44.7 Å². The van der Waals surface area contributed by atoms with Gasteiger partial charge in [0, 0.05) is 30.6 Å². The van der Waals surface area contributed by atoms with Gasteiger partial charge < -0.3 is 21.1 Å². The summed E-state index contributed by atoms with van der Waals surface area (Å²) < 4.78 is 0. The highest BCUT2D eigenvalue weighted by Crippen LogP contribution is 2.25. The van der Waals surface area contributed by atoms with E-state index < -0.39 is 6.04 Å². The lowest BCUT2D eigenvalue weighted by molar-refractivity contribution is -0.133. The molecule has 0 radical (unpaired) electrons. The smallest absolute Gasteiger partial charge is 0.270 e. The predicted molar refractivity (Wildman–Crippen MR) is 103 cm³/mol. The molecule has 144 valence electrons. The van der Waals surface area contributed by atoms with E-state index in [0.717, 1.165) is 12.8 Å². The Morgan fingerprint density at radius 1 is 1.26 bits per heavy atom. The highest BCUT2D eigenvalue weighted by atomic mass is 16.3. The molecule has 0 saturated carbocycles. The van der Waals surface area contributed by atoms with Gasteiger partial charge in [-0.3, -0.25) is 9.59 Å². The molecule has 1 unspecified atom stereocenters. The van der Waals surface area contributed by atoms with Crippen LogP contribution < -0.4 is 11.1 Å². The number of piperidine rings is 1. The molecule has 2 aromatic rings. The van der Waals surface area contributed by atoms with Gasteiger partial charge in [0.15, 0.2) is 0 Å². The number of pyridine rings is 1. The summed E-state index contributed by atoms with van der Waals surface area (Å²) in [6.45, 7) is 4.97. The minimum atomic E-state index is -0.481. The van der Waals surface area contributed by atoms with Crippen LogP contribution in [0, 0.1) is 5.92 Å². The number of amides is 2. The SMILES string of the molecule is CC(NC(=O)c1cc(O)c2ccccc2n1)C1CCN(C(=O)[C@H](C)N)CC1. The quantitative estimate of drug-likeness (QED) is 0.758. The van der Waals surface area contributed by atoms with Crippen molar-refractivity contribution >= 4 is 22.7 Å². The second-order valence-electron chi connectivity index (χ2n) is 7.26. The predicted octanol–water partition coefficient (Wildman–Crippen LogP) is 1.64. The maximum atomic E-state index is 12.6. The normalized spacial score (nSPS) is 17.5. The number of benzene rings is 1. The fraction of sp³-hybridized carbons (Fsp3) is 0.450. The molecule has 1 saturated heterocycles. The van der Waals surface area contributed by atoms with Gasteiger partial charge in [-0.1, -0.05) is 12.1 Å². The maximum Gasteiger partial charge on any atom is 0.270 e. The van der Waals surface area contributed by atoms with E-state index in [1.165, 1.54) is 6.07 Å². The van der Waals surface area contributed by atoms with Crippen LogP contribution in [0.25, 0.3) is 10.9 Å². The van der Waals surface area contributed by atoms with E-state index in [9.17, 15) is 14.7 Å². The Kier molecular flexibility index (Phi) is 5.60. The van der Waals surface area contributed by atoms with Crippen LogP contribution in [0.4, 0.5) is 0 Å². The molecule has 7 heteroatoms. The van der Waals surface area contributed by atoms with Crippen LogP contribution in [0.15, 0.2) is 30.3 Å². The Morgan fingerprint density at radius 3 is 2.59 bits per heavy atom. The average molecular weight is 370 g/mol. The van der Waals surface area contributed by atoms with E-state index in [4.69, 9.17) is 5.73 Å². The molecule has 1 aliphatic rings. The number of para-hydroxylation sites is 1. The Morgan fingerprint density at radius 2 is 1.93 bits per heavy atom. The second kappa shape index (κ2) is 7.92. The molecule has 2 atom stereocenters. The zero-order valence-corrected chi connectivity index (χ0v) is 15.7. The number of nitrogens with two attached hydrogens (primary N) is 1. The van der Waals surface area contributed by atoms with Crippen molar-refractivity contribution in [2.45, 2.75) is 38.8 Å². The van der Waals surface area contributed by atoms with Crippen LogP contribution in [-0.4, -0.2) is 52.0 Å². The molecule has 1 aliphatic heterocycles. The van der Waals surface area contributed by atoms with Gasteiger partial charge in [0.2, 0.25) is 5.91 Å². The number of carbonyl (C=O) groups excluding carboxylic acids is 2. The number of fused-ring (bicyclic) bond motifs is 1. The first kappa shape index (κ1) is 19.1. The van der Waals surface area contributed by atoms with Gasteiger partial charge in [-0.15, -0.1) is 0 Å². The van der Waals surface area contributed by atoms with Gasteiger partial charge in [-0.2, -0.15) is 0 Å². The molecule has 1 aromatic heterocycles. The lowest BCUT2D eigenvalue weighted by Gasteiger charge is -2.35. The van der Waals surface area contributed by atoms with Crippen LogP contribution in [0.5, 0.6) is 5.75 Å². The molecule has 4 N–H and O–H groups in total. The van der Waals surface area contributed by atoms with Crippen molar-refractivity contribution in [1.82, 2.24) is 15.2 Å². The van der Waals surface area contributed by atoms with Crippen molar-refractivity contribution in [1.29, 1.82) is 0 Å². The summed E-state index contributed by atoms with van der Waals surface area (Å²) in [6, 6.07) is 8.02. The van der Waals surface area contributed by atoms with Crippen molar-refractivity contribution in [3.63, 3.8) is 0 Å². The molecule has 2 heterocycles. The van der Waals surface area contributed by atoms with E-state index >= 15 is 0 Å². The van der Waals surface area contributed by atoms with Crippen molar-refractivity contribution in [2.24, 2.45) is 11.7 Å². The van der Waals surface area contributed by atoms with Gasteiger partial charge in [-0.25, -0.2) is 4.98 Å². The summed E-state index contributed by atoms with van der Waals surface area (Å²) in [5.74, 6) is -0.0140. The third kappa shape index (κ3) is 4.19. The summed E-state index contributed by atoms with van der Waals surface area (Å²) in [4.78, 5) is 30.7. The van der Waals surface area contributed by atoms with Crippen molar-refractivity contribution < 1.29 is 14.7 Å². The number of carbonyl (C=O) groups is 2. The summed E-state index contributed by atoms with van der Waals surface area (Å²) in [5.41, 5.74) is 6.45. The van der Waals surface area contributed by atoms with Crippen LogP contribution >= 0.6 is 0 Å². The van der Waals surface area contributed by atoms with Gasteiger partial charge >= 0.3 is 0 Å². The Bertz CT molecular complexity index is 844. The highest BCUT2D eigenvalue weighted by Gasteiger charge is 2.28. The monoisotopic (exact) mass is 370 g/mol. The number of likely N-dealkylation sites (tertiary alicyclic amines) is 1. The molecule has 0 bridgehead atoms. The molecule has 27 heavy (non-hydrogen) atoms. The van der Waals surface area contributed by atoms with Crippen molar-refractivity contribution in [2.75, 3.05) is 13.1 Å². The fourth-order valence-electron chi connectivity index (χ4n) is 3.58. The van der Waals surface area contributed by atoms with Crippen LogP contribution in [0.2, 0.25) is 0 Å². The molecular weight excluding hydrogens is 344 g/mol. The number of nitrogens with zero attached hydrogens (tertiary/aromatic N) is 2. The second-order valence-corrected chi connectivity index (χ2v) is 7.26. The topological polar surface area (TPSA) is 109 Å². The first-order valence-electron chi connectivity index (χ1n) is 9.31. The van der Waals surface area contributed by atoms with Gasteiger partial charge in [0.1, 0.15) is 11.4 Å². The lowest BCUT2D eigenvalue weighted by Crippen LogP contribution is -2.49. The average Bonchev–Trinajstić information content (AvgIpc) is 2.67. The molecule has 1 aromatic carbocycles. The summed E-state index contributed by atoms with van der Waals surface area (Å²) in [6.07, 6.45) is 1.63. The van der Waals surface area contributed by atoms with E-state index in [0.29, 0.717) is 24.0 Å². The fourth-order valence-corrected chi connectivity index (χ4v) is 3.58. The molecule has 0 aliphatic carbocycles. The third-order valence-electron chi connectivity index (χ3n) is 5.23. The Hall–Kier alpha value is -2.67. The standard InChI is InChI=1S/C20H26N4O3/c1-12(21)20(27)24-9-7-14(8-10-24)13(2)22-19(26)17-11-18(25)15-5-3-4-6-16(15)23-17/h3-6,11-14H,7-10,21H2,1-2H3,(H,22,26)(H,23,25)/t12-,13?/m0/s1. The minimum absolute atomic E-state index is 0.0269. The zero-order valence-electron chi connectivity index (χ0n) is 15.7. The molecular formula is C20H26N4O3. The molecule has 0 spiro atoms. The molecule has 1 fully saturated rings. The van der Waals surface area contributed by atoms with E-state index in [1.54, 1.807) is 24.0 Å². The molecule has 7 nitrogen and oxygen atoms in total. The number of nitrogens with one attached hydrogen (secondary N) is 1. The first-order chi connectivity index (χ1) is 12.9. The Labute approximate surface area is 158 Å².